The van der Waals surface area contributed by atoms with Crippen LogP contribution >= 0.6 is 0 Å². The molecule has 0 spiro atoms. The van der Waals surface area contributed by atoms with Crippen LogP contribution < -0.4 is 5.32 Å². The minimum atomic E-state index is -0.837. The standard InChI is InChI=1S/C16H25NO3/c1-4-9(2)7-10(3)17-15(18)13-11-5-6-12(8-11)14(13)16(19)20/h5-6,9-14H,4,7-8H2,1-3H3,(H,17,18)(H,19,20)/t9?,10?,11?,12?,13-,14+/m0/s1. The molecule has 2 aliphatic carbocycles. The van der Waals surface area contributed by atoms with Crippen molar-refractivity contribution in [2.45, 2.75) is 46.1 Å². The SMILES string of the molecule is CCC(C)CC(C)NC(=O)[C@H]1C2C=CC(C2)[C@H]1C(=O)O. The van der Waals surface area contributed by atoms with Gasteiger partial charge in [0.05, 0.1) is 11.8 Å². The van der Waals surface area contributed by atoms with Gasteiger partial charge in [0.1, 0.15) is 0 Å². The van der Waals surface area contributed by atoms with Gasteiger partial charge in [-0.1, -0.05) is 32.4 Å². The lowest BCUT2D eigenvalue weighted by Crippen LogP contribution is -2.43. The molecule has 0 aromatic rings. The predicted octanol–water partition coefficient (Wildman–Crippen LogP) is 2.45. The van der Waals surface area contributed by atoms with Gasteiger partial charge in [0.15, 0.2) is 0 Å². The molecule has 2 aliphatic rings. The molecule has 4 unspecified atom stereocenters. The zero-order valence-electron chi connectivity index (χ0n) is 12.5. The second-order valence-electron chi connectivity index (χ2n) is 6.50. The van der Waals surface area contributed by atoms with Gasteiger partial charge in [-0.05, 0) is 37.5 Å². The molecule has 0 saturated heterocycles. The third-order valence-electron chi connectivity index (χ3n) is 4.89. The molecule has 0 aromatic carbocycles. The smallest absolute Gasteiger partial charge is 0.307 e. The fourth-order valence-corrected chi connectivity index (χ4v) is 3.68. The van der Waals surface area contributed by atoms with Gasteiger partial charge in [0.25, 0.3) is 0 Å². The average molecular weight is 279 g/mol. The highest BCUT2D eigenvalue weighted by atomic mass is 16.4. The monoisotopic (exact) mass is 279 g/mol. The van der Waals surface area contributed by atoms with Crippen LogP contribution in [-0.4, -0.2) is 23.0 Å². The number of amides is 1. The number of hydrogen-bond donors (Lipinski definition) is 2. The Balaban J connectivity index is 1.98. The first-order valence-corrected chi connectivity index (χ1v) is 7.65. The summed E-state index contributed by atoms with van der Waals surface area (Å²) in [6.07, 6.45) is 6.84. The van der Waals surface area contributed by atoms with E-state index in [4.69, 9.17) is 0 Å². The molecule has 0 heterocycles. The third kappa shape index (κ3) is 2.89. The van der Waals surface area contributed by atoms with E-state index >= 15 is 0 Å². The van der Waals surface area contributed by atoms with Crippen LogP contribution in [0.5, 0.6) is 0 Å². The Bertz CT molecular complexity index is 418. The lowest BCUT2D eigenvalue weighted by atomic mass is 9.82. The van der Waals surface area contributed by atoms with Crippen LogP contribution in [0.15, 0.2) is 12.2 Å². The Morgan fingerprint density at radius 3 is 2.40 bits per heavy atom. The zero-order chi connectivity index (χ0) is 14.9. The van der Waals surface area contributed by atoms with Gasteiger partial charge >= 0.3 is 5.97 Å². The molecule has 0 aliphatic heterocycles. The molecule has 1 amide bonds. The number of nitrogens with one attached hydrogen (secondary N) is 1. The molecule has 1 saturated carbocycles. The van der Waals surface area contributed by atoms with Crippen molar-refractivity contribution in [1.29, 1.82) is 0 Å². The Morgan fingerprint density at radius 2 is 1.85 bits per heavy atom. The van der Waals surface area contributed by atoms with Crippen LogP contribution in [-0.2, 0) is 9.59 Å². The van der Waals surface area contributed by atoms with Crippen LogP contribution in [0.3, 0.4) is 0 Å². The summed E-state index contributed by atoms with van der Waals surface area (Å²) in [5.41, 5.74) is 0. The van der Waals surface area contributed by atoms with E-state index in [1.54, 1.807) is 0 Å². The highest BCUT2D eigenvalue weighted by Crippen LogP contribution is 2.48. The van der Waals surface area contributed by atoms with E-state index in [0.29, 0.717) is 5.92 Å². The molecule has 2 N–H and O–H groups in total. The van der Waals surface area contributed by atoms with Crippen molar-refractivity contribution in [2.75, 3.05) is 0 Å². The molecule has 4 nitrogen and oxygen atoms in total. The molecular weight excluding hydrogens is 254 g/mol. The summed E-state index contributed by atoms with van der Waals surface area (Å²) < 4.78 is 0. The van der Waals surface area contributed by atoms with Gasteiger partial charge in [0.2, 0.25) is 5.91 Å². The second-order valence-corrected chi connectivity index (χ2v) is 6.50. The van der Waals surface area contributed by atoms with E-state index in [1.165, 1.54) is 0 Å². The summed E-state index contributed by atoms with van der Waals surface area (Å²) in [4.78, 5) is 23.8. The Kier molecular flexibility index (Phi) is 4.51. The normalized spacial score (nSPS) is 34.0. The van der Waals surface area contributed by atoms with E-state index < -0.39 is 11.9 Å². The van der Waals surface area contributed by atoms with Crippen molar-refractivity contribution >= 4 is 11.9 Å². The average Bonchev–Trinajstić information content (AvgIpc) is 2.97. The van der Waals surface area contributed by atoms with Crippen molar-refractivity contribution in [3.05, 3.63) is 12.2 Å². The number of rotatable bonds is 6. The van der Waals surface area contributed by atoms with Gasteiger partial charge < -0.3 is 10.4 Å². The molecule has 112 valence electrons. The Hall–Kier alpha value is -1.32. The fraction of sp³-hybridized carbons (Fsp3) is 0.750. The lowest BCUT2D eigenvalue weighted by Gasteiger charge is -2.26. The molecule has 6 atom stereocenters. The number of carboxylic acid groups (broad SMARTS) is 1. The van der Waals surface area contributed by atoms with Crippen LogP contribution in [0.2, 0.25) is 0 Å². The van der Waals surface area contributed by atoms with Crippen molar-refractivity contribution < 1.29 is 14.7 Å². The number of fused-ring (bicyclic) bond motifs is 2. The quantitative estimate of drug-likeness (QED) is 0.734. The molecule has 4 heteroatoms. The van der Waals surface area contributed by atoms with E-state index in [2.05, 4.69) is 19.2 Å². The van der Waals surface area contributed by atoms with Crippen molar-refractivity contribution in [3.63, 3.8) is 0 Å². The number of carbonyl (C=O) groups is 2. The molecule has 1 fully saturated rings. The first-order valence-electron chi connectivity index (χ1n) is 7.65. The van der Waals surface area contributed by atoms with Gasteiger partial charge in [0, 0.05) is 6.04 Å². The summed E-state index contributed by atoms with van der Waals surface area (Å²) in [5, 5.41) is 12.4. The highest BCUT2D eigenvalue weighted by Gasteiger charge is 2.51. The number of carbonyl (C=O) groups excluding carboxylic acids is 1. The molecule has 20 heavy (non-hydrogen) atoms. The first kappa shape index (κ1) is 15.1. The number of hydrogen-bond acceptors (Lipinski definition) is 2. The van der Waals surface area contributed by atoms with Crippen molar-refractivity contribution in [3.8, 4) is 0 Å². The summed E-state index contributed by atoms with van der Waals surface area (Å²) in [6.45, 7) is 6.31. The minimum absolute atomic E-state index is 0.0399. The maximum absolute atomic E-state index is 12.4. The maximum Gasteiger partial charge on any atom is 0.307 e. The van der Waals surface area contributed by atoms with E-state index in [9.17, 15) is 14.7 Å². The Labute approximate surface area is 120 Å². The van der Waals surface area contributed by atoms with Crippen LogP contribution in [0.4, 0.5) is 0 Å². The first-order chi connectivity index (χ1) is 9.43. The van der Waals surface area contributed by atoms with Gasteiger partial charge in [-0.25, -0.2) is 0 Å². The zero-order valence-corrected chi connectivity index (χ0v) is 12.5. The summed E-state index contributed by atoms with van der Waals surface area (Å²) in [6, 6.07) is 0.106. The minimum Gasteiger partial charge on any atom is -0.481 e. The van der Waals surface area contributed by atoms with Gasteiger partial charge in [-0.2, -0.15) is 0 Å². The molecule has 0 aromatic heterocycles. The molecule has 2 bridgehead atoms. The number of aliphatic carboxylic acids is 1. The maximum atomic E-state index is 12.4. The van der Waals surface area contributed by atoms with Crippen molar-refractivity contribution in [1.82, 2.24) is 5.32 Å². The fourth-order valence-electron chi connectivity index (χ4n) is 3.68. The van der Waals surface area contributed by atoms with E-state index in [1.807, 2.05) is 19.1 Å². The summed E-state index contributed by atoms with van der Waals surface area (Å²) in [5.74, 6) is -1.13. The van der Waals surface area contributed by atoms with Crippen LogP contribution in [0.25, 0.3) is 0 Å². The Morgan fingerprint density at radius 1 is 1.25 bits per heavy atom. The number of allylic oxidation sites excluding steroid dienone is 2. The van der Waals surface area contributed by atoms with Crippen LogP contribution in [0.1, 0.15) is 40.0 Å². The van der Waals surface area contributed by atoms with E-state index in [0.717, 1.165) is 19.3 Å². The summed E-state index contributed by atoms with van der Waals surface area (Å²) >= 11 is 0. The second kappa shape index (κ2) is 5.98. The van der Waals surface area contributed by atoms with Gasteiger partial charge in [-0.15, -0.1) is 0 Å². The van der Waals surface area contributed by atoms with Gasteiger partial charge in [-0.3, -0.25) is 9.59 Å². The molecule has 2 rings (SSSR count). The molecular formula is C16H25NO3. The third-order valence-corrected chi connectivity index (χ3v) is 4.89. The topological polar surface area (TPSA) is 66.4 Å². The predicted molar refractivity (Wildman–Crippen MR) is 77.0 cm³/mol. The highest BCUT2D eigenvalue weighted by molar-refractivity contribution is 5.87. The largest absolute Gasteiger partial charge is 0.481 e. The number of carboxylic acids is 1. The van der Waals surface area contributed by atoms with E-state index in [-0.39, 0.29) is 29.7 Å². The van der Waals surface area contributed by atoms with Crippen molar-refractivity contribution in [2.24, 2.45) is 29.6 Å². The lowest BCUT2D eigenvalue weighted by molar-refractivity contribution is -0.148. The molecule has 0 radical (unpaired) electrons. The van der Waals surface area contributed by atoms with Crippen LogP contribution in [0, 0.1) is 29.6 Å². The summed E-state index contributed by atoms with van der Waals surface area (Å²) in [7, 11) is 0.